The second-order valence-corrected chi connectivity index (χ2v) is 4.62. The summed E-state index contributed by atoms with van der Waals surface area (Å²) in [6.45, 7) is 0.621. The summed E-state index contributed by atoms with van der Waals surface area (Å²) < 4.78 is 53.0. The van der Waals surface area contributed by atoms with Crippen molar-refractivity contribution >= 4 is 0 Å². The molecule has 0 spiro atoms. The van der Waals surface area contributed by atoms with Crippen molar-refractivity contribution in [2.45, 2.75) is 37.1 Å². The van der Waals surface area contributed by atoms with E-state index >= 15 is 0 Å². The lowest BCUT2D eigenvalue weighted by Gasteiger charge is -2.43. The van der Waals surface area contributed by atoms with Gasteiger partial charge < -0.3 is 5.32 Å². The summed E-state index contributed by atoms with van der Waals surface area (Å²) in [5.41, 5.74) is 0. The van der Waals surface area contributed by atoms with Crippen molar-refractivity contribution in [3.05, 3.63) is 0 Å². The number of likely N-dealkylation sites (tertiary alicyclic amines) is 1. The largest absolute Gasteiger partial charge is 0.315 e. The number of hydrogen-bond acceptors (Lipinski definition) is 2. The number of hydrogen-bond donors (Lipinski definition) is 1. The Balaban J connectivity index is 1.97. The molecule has 1 N–H and O–H groups in total. The number of nitrogens with zero attached hydrogens (tertiary/aromatic N) is 1. The van der Waals surface area contributed by atoms with Crippen molar-refractivity contribution in [2.24, 2.45) is 0 Å². The number of nitrogens with one attached hydrogen (secondary N) is 1. The van der Waals surface area contributed by atoms with Crippen LogP contribution in [-0.4, -0.2) is 49.0 Å². The van der Waals surface area contributed by atoms with Crippen LogP contribution in [0.3, 0.4) is 0 Å². The van der Waals surface area contributed by atoms with Crippen LogP contribution < -0.4 is 5.32 Å². The summed E-state index contributed by atoms with van der Waals surface area (Å²) in [7, 11) is 0. The lowest BCUT2D eigenvalue weighted by atomic mass is 9.97. The Morgan fingerprint density at radius 2 is 1.62 bits per heavy atom. The molecule has 1 atom stereocenters. The highest BCUT2D eigenvalue weighted by atomic mass is 19.3. The second kappa shape index (κ2) is 4.14. The van der Waals surface area contributed by atoms with Crippen LogP contribution in [0.4, 0.5) is 17.6 Å². The zero-order chi connectivity index (χ0) is 11.8. The Hall–Kier alpha value is -0.360. The van der Waals surface area contributed by atoms with E-state index in [9.17, 15) is 17.6 Å². The highest BCUT2D eigenvalue weighted by Crippen LogP contribution is 2.34. The average Bonchev–Trinajstić information content (AvgIpc) is 2.18. The molecule has 2 saturated heterocycles. The molecule has 0 amide bonds. The minimum Gasteiger partial charge on any atom is -0.315 e. The minimum absolute atomic E-state index is 0.0644. The molecular formula is C10H16F4N2. The monoisotopic (exact) mass is 240 g/mol. The molecule has 0 aromatic heterocycles. The van der Waals surface area contributed by atoms with E-state index in [1.54, 1.807) is 0 Å². The van der Waals surface area contributed by atoms with Crippen LogP contribution in [0.2, 0.25) is 0 Å². The van der Waals surface area contributed by atoms with Gasteiger partial charge in [-0.05, 0) is 0 Å². The van der Waals surface area contributed by atoms with Crippen molar-refractivity contribution in [1.82, 2.24) is 10.2 Å². The fourth-order valence-corrected chi connectivity index (χ4v) is 2.37. The highest BCUT2D eigenvalue weighted by Gasteiger charge is 2.47. The Bertz CT molecular complexity index is 247. The molecular weight excluding hydrogens is 224 g/mol. The van der Waals surface area contributed by atoms with E-state index in [0.717, 1.165) is 0 Å². The van der Waals surface area contributed by atoms with Gasteiger partial charge in [0.2, 0.25) is 0 Å². The van der Waals surface area contributed by atoms with Crippen molar-refractivity contribution < 1.29 is 17.6 Å². The van der Waals surface area contributed by atoms with Gasteiger partial charge in [0.1, 0.15) is 0 Å². The molecule has 0 radical (unpaired) electrons. The first-order chi connectivity index (χ1) is 7.41. The third kappa shape index (κ3) is 2.48. The Morgan fingerprint density at radius 3 is 2.19 bits per heavy atom. The Kier molecular flexibility index (Phi) is 3.13. The second-order valence-electron chi connectivity index (χ2n) is 4.62. The maximum absolute atomic E-state index is 13.6. The molecule has 0 bridgehead atoms. The predicted molar refractivity (Wildman–Crippen MR) is 52.0 cm³/mol. The summed E-state index contributed by atoms with van der Waals surface area (Å²) in [6.07, 6.45) is -0.816. The van der Waals surface area contributed by atoms with Gasteiger partial charge in [-0.15, -0.1) is 0 Å². The van der Waals surface area contributed by atoms with Crippen LogP contribution in [0.25, 0.3) is 0 Å². The maximum Gasteiger partial charge on any atom is 0.265 e. The quantitative estimate of drug-likeness (QED) is 0.702. The molecule has 0 aromatic rings. The van der Waals surface area contributed by atoms with Gasteiger partial charge in [-0.25, -0.2) is 17.6 Å². The molecule has 2 heterocycles. The van der Waals surface area contributed by atoms with Gasteiger partial charge in [-0.1, -0.05) is 0 Å². The smallest absolute Gasteiger partial charge is 0.265 e. The number of rotatable bonds is 1. The fourth-order valence-electron chi connectivity index (χ4n) is 2.37. The summed E-state index contributed by atoms with van der Waals surface area (Å²) in [5.74, 6) is -5.42. The molecule has 0 aromatic carbocycles. The van der Waals surface area contributed by atoms with Crippen LogP contribution in [0.15, 0.2) is 0 Å². The molecule has 1 unspecified atom stereocenters. The highest BCUT2D eigenvalue weighted by molar-refractivity contribution is 4.94. The van der Waals surface area contributed by atoms with Crippen molar-refractivity contribution in [3.8, 4) is 0 Å². The third-order valence-electron chi connectivity index (χ3n) is 3.43. The van der Waals surface area contributed by atoms with Crippen molar-refractivity contribution in [3.63, 3.8) is 0 Å². The third-order valence-corrected chi connectivity index (χ3v) is 3.43. The zero-order valence-corrected chi connectivity index (χ0v) is 8.99. The first-order valence-corrected chi connectivity index (χ1v) is 5.61. The van der Waals surface area contributed by atoms with E-state index in [0.29, 0.717) is 6.54 Å². The van der Waals surface area contributed by atoms with Crippen LogP contribution >= 0.6 is 0 Å². The Labute approximate surface area is 92.0 Å². The van der Waals surface area contributed by atoms with Crippen LogP contribution in [0.5, 0.6) is 0 Å². The summed E-state index contributed by atoms with van der Waals surface area (Å²) in [5, 5.41) is 2.90. The summed E-state index contributed by atoms with van der Waals surface area (Å²) in [4.78, 5) is 1.50. The molecule has 0 aliphatic carbocycles. The molecule has 2 nitrogen and oxygen atoms in total. The fraction of sp³-hybridized carbons (Fsp3) is 1.00. The van der Waals surface area contributed by atoms with Crippen LogP contribution in [0, 0.1) is 0 Å². The number of halogens is 4. The molecule has 0 saturated carbocycles. The first kappa shape index (κ1) is 12.1. The standard InChI is InChI=1S/C10H16F4N2/c11-9(12)2-5-16(6-3-9)8-7-15-4-1-10(8,13)14/h8,15H,1-7H2. The van der Waals surface area contributed by atoms with Gasteiger partial charge >= 0.3 is 0 Å². The number of alkyl halides is 4. The molecule has 2 aliphatic heterocycles. The number of piperidine rings is 2. The average molecular weight is 240 g/mol. The first-order valence-electron chi connectivity index (χ1n) is 5.61. The maximum atomic E-state index is 13.6. The van der Waals surface area contributed by atoms with Crippen molar-refractivity contribution in [1.29, 1.82) is 0 Å². The van der Waals surface area contributed by atoms with Gasteiger partial charge in [0, 0.05) is 45.4 Å². The lowest BCUT2D eigenvalue weighted by Crippen LogP contribution is -2.59. The SMILES string of the molecule is FC1(F)CCN(C2CNCCC2(F)F)CC1. The molecule has 2 rings (SSSR count). The van der Waals surface area contributed by atoms with Crippen LogP contribution in [-0.2, 0) is 0 Å². The zero-order valence-electron chi connectivity index (χ0n) is 8.99. The van der Waals surface area contributed by atoms with Gasteiger partial charge in [0.05, 0.1) is 6.04 Å². The minimum atomic E-state index is -2.75. The van der Waals surface area contributed by atoms with E-state index < -0.39 is 17.9 Å². The lowest BCUT2D eigenvalue weighted by molar-refractivity contribution is -0.128. The van der Waals surface area contributed by atoms with Crippen molar-refractivity contribution in [2.75, 3.05) is 26.2 Å². The summed E-state index contributed by atoms with van der Waals surface area (Å²) >= 11 is 0. The van der Waals surface area contributed by atoms with Gasteiger partial charge in [-0.2, -0.15) is 0 Å². The van der Waals surface area contributed by atoms with E-state index in [1.165, 1.54) is 4.90 Å². The topological polar surface area (TPSA) is 15.3 Å². The van der Waals surface area contributed by atoms with E-state index in [2.05, 4.69) is 5.32 Å². The van der Waals surface area contributed by atoms with Gasteiger partial charge in [0.15, 0.2) is 0 Å². The molecule has 2 aliphatic rings. The normalized spacial score (nSPS) is 34.9. The summed E-state index contributed by atoms with van der Waals surface area (Å²) in [6, 6.07) is -0.919. The van der Waals surface area contributed by atoms with Crippen LogP contribution in [0.1, 0.15) is 19.3 Å². The van der Waals surface area contributed by atoms with E-state index in [4.69, 9.17) is 0 Å². The van der Waals surface area contributed by atoms with E-state index in [-0.39, 0.29) is 38.9 Å². The van der Waals surface area contributed by atoms with Gasteiger partial charge in [-0.3, -0.25) is 4.90 Å². The predicted octanol–water partition coefficient (Wildman–Crippen LogP) is 1.71. The molecule has 6 heteroatoms. The van der Waals surface area contributed by atoms with Gasteiger partial charge in [0.25, 0.3) is 11.8 Å². The molecule has 94 valence electrons. The van der Waals surface area contributed by atoms with E-state index in [1.807, 2.05) is 0 Å². The molecule has 2 fully saturated rings. The molecule has 16 heavy (non-hydrogen) atoms. The Morgan fingerprint density at radius 1 is 1.00 bits per heavy atom.